The summed E-state index contributed by atoms with van der Waals surface area (Å²) in [6, 6.07) is -2.31. The Morgan fingerprint density at radius 1 is 1.52 bits per heavy atom. The molecule has 0 radical (unpaired) electrons. The van der Waals surface area contributed by atoms with Crippen LogP contribution in [0.15, 0.2) is 0 Å². The summed E-state index contributed by atoms with van der Waals surface area (Å²) in [5, 5.41) is 34.0. The summed E-state index contributed by atoms with van der Waals surface area (Å²) >= 11 is 0. The molecule has 1 saturated heterocycles. The lowest BCUT2D eigenvalue weighted by Crippen LogP contribution is -2.85. The van der Waals surface area contributed by atoms with Crippen LogP contribution in [0.4, 0.5) is 0 Å². The lowest BCUT2D eigenvalue weighted by atomic mass is 10.0. The molecule has 1 fully saturated rings. The quantitative estimate of drug-likeness (QED) is 0.413. The predicted molar refractivity (Wildman–Crippen MR) is 67.9 cm³/mol. The Morgan fingerprint density at radius 3 is 2.38 bits per heavy atom. The first-order chi connectivity index (χ1) is 9.77. The molecule has 1 aliphatic heterocycles. The van der Waals surface area contributed by atoms with Crippen LogP contribution >= 0.6 is 0 Å². The molecule has 0 bridgehead atoms. The van der Waals surface area contributed by atoms with Gasteiger partial charge in [-0.25, -0.2) is 4.79 Å². The summed E-state index contributed by atoms with van der Waals surface area (Å²) in [4.78, 5) is 36.0. The second kappa shape index (κ2) is 6.58. The number of hydrogen-bond acceptors (Lipinski definition) is 7. The number of ketones is 1. The van der Waals surface area contributed by atoms with Crippen molar-refractivity contribution in [2.75, 3.05) is 26.9 Å². The first kappa shape index (κ1) is 17.7. The Bertz CT molecular complexity index is 437. The summed E-state index contributed by atoms with van der Waals surface area (Å²) in [5.41, 5.74) is 0. The fraction of sp³-hybridized carbons (Fsp3) is 0.750. The van der Waals surface area contributed by atoms with Gasteiger partial charge < -0.3 is 20.6 Å². The minimum absolute atomic E-state index is 0.324. The third-order valence-corrected chi connectivity index (χ3v) is 3.76. The van der Waals surface area contributed by atoms with E-state index in [1.807, 2.05) is 0 Å². The number of rotatable bonds is 7. The Morgan fingerprint density at radius 2 is 2.10 bits per heavy atom. The number of aliphatic hydroxyl groups is 2. The summed E-state index contributed by atoms with van der Waals surface area (Å²) in [7, 11) is 1.45. The molecular weight excluding hydrogens is 282 g/mol. The SMILES string of the molecule is CN[C@@H](CO)C(=O)N1CC(=O)[N+]1(C[O-])[C@H](C(C)=O)[C@H](C)O. The largest absolute Gasteiger partial charge is 0.807 e. The zero-order valence-corrected chi connectivity index (χ0v) is 12.3. The van der Waals surface area contributed by atoms with Crippen LogP contribution in [0.1, 0.15) is 13.8 Å². The highest BCUT2D eigenvalue weighted by Gasteiger charge is 2.62. The van der Waals surface area contributed by atoms with E-state index in [1.165, 1.54) is 14.0 Å². The minimum Gasteiger partial charge on any atom is -0.807 e. The number of amides is 2. The van der Waals surface area contributed by atoms with Crippen LogP contribution in [0.5, 0.6) is 0 Å². The van der Waals surface area contributed by atoms with Crippen molar-refractivity contribution in [2.24, 2.45) is 0 Å². The highest BCUT2D eigenvalue weighted by molar-refractivity contribution is 5.92. The molecule has 21 heavy (non-hydrogen) atoms. The Balaban J connectivity index is 3.21. The minimum atomic E-state index is -1.33. The maximum atomic E-state index is 12.3. The summed E-state index contributed by atoms with van der Waals surface area (Å²) in [6.07, 6.45) is -1.27. The number of nitrogens with one attached hydrogen (secondary N) is 1. The van der Waals surface area contributed by atoms with Gasteiger partial charge in [0.05, 0.1) is 6.61 Å². The normalized spacial score (nSPS) is 26.0. The maximum Gasteiger partial charge on any atom is 0.362 e. The zero-order chi connectivity index (χ0) is 16.4. The molecule has 0 saturated carbocycles. The molecule has 1 rings (SSSR count). The molecule has 3 N–H and O–H groups in total. The molecule has 0 aromatic heterocycles. The van der Waals surface area contributed by atoms with Gasteiger partial charge in [0, 0.05) is 13.7 Å². The van der Waals surface area contributed by atoms with E-state index in [-0.39, 0.29) is 6.54 Å². The van der Waals surface area contributed by atoms with Crippen LogP contribution in [0, 0.1) is 0 Å². The zero-order valence-electron chi connectivity index (χ0n) is 12.3. The van der Waals surface area contributed by atoms with Gasteiger partial charge in [-0.05, 0) is 14.0 Å². The van der Waals surface area contributed by atoms with Crippen LogP contribution in [-0.2, 0) is 14.4 Å². The van der Waals surface area contributed by atoms with Crippen LogP contribution in [-0.4, -0.2) is 82.5 Å². The molecule has 9 nitrogen and oxygen atoms in total. The summed E-state index contributed by atoms with van der Waals surface area (Å²) < 4.78 is -1.07. The van der Waals surface area contributed by atoms with E-state index < -0.39 is 53.7 Å². The van der Waals surface area contributed by atoms with Crippen molar-refractivity contribution in [3.05, 3.63) is 0 Å². The molecule has 1 unspecified atom stereocenters. The number of likely N-dealkylation sites (N-methyl/N-ethyl adjacent to an activating group) is 1. The van der Waals surface area contributed by atoms with E-state index in [9.17, 15) is 24.6 Å². The number of carbonyl (C=O) groups excluding carboxylic acids is 3. The molecular formula is C12H21N3O6. The first-order valence-electron chi connectivity index (χ1n) is 6.55. The second-order valence-electron chi connectivity index (χ2n) is 5.07. The predicted octanol–water partition coefficient (Wildman–Crippen LogP) is -3.68. The van der Waals surface area contributed by atoms with Gasteiger partial charge in [-0.3, -0.25) is 9.59 Å². The molecule has 0 aromatic rings. The van der Waals surface area contributed by atoms with E-state index in [0.717, 1.165) is 11.9 Å². The Hall–Kier alpha value is -1.39. The van der Waals surface area contributed by atoms with Crippen LogP contribution in [0.3, 0.4) is 0 Å². The molecule has 120 valence electrons. The number of quaternary nitrogens is 1. The number of Topliss-reactive ketones (excluding diaryl/α,β-unsaturated/α-hetero) is 1. The number of nitrogens with zero attached hydrogens (tertiary/aromatic N) is 2. The Labute approximate surface area is 122 Å². The van der Waals surface area contributed by atoms with Gasteiger partial charge in [0.1, 0.15) is 12.1 Å². The molecule has 0 aliphatic carbocycles. The van der Waals surface area contributed by atoms with E-state index >= 15 is 0 Å². The summed E-state index contributed by atoms with van der Waals surface area (Å²) in [5.74, 6) is -1.83. The number of aliphatic hydroxyl groups excluding tert-OH is 2. The fourth-order valence-corrected chi connectivity index (χ4v) is 2.68. The standard InChI is InChI=1S/C12H21N3O6/c1-7(18)11(8(2)19)15(6-17)10(20)4-14(15)12(21)9(5-16)13-3/h7,9,11,13,16,18H,4-6H2,1-3H3/t7-,9-,11-,15?/m0/s1. The van der Waals surface area contributed by atoms with E-state index in [4.69, 9.17) is 5.11 Å². The van der Waals surface area contributed by atoms with Crippen molar-refractivity contribution in [1.82, 2.24) is 10.3 Å². The molecule has 9 heteroatoms. The number of hydrogen-bond donors (Lipinski definition) is 3. The van der Waals surface area contributed by atoms with Crippen molar-refractivity contribution < 1.29 is 34.3 Å². The van der Waals surface area contributed by atoms with Crippen molar-refractivity contribution in [1.29, 1.82) is 0 Å². The third-order valence-electron chi connectivity index (χ3n) is 3.76. The van der Waals surface area contributed by atoms with Crippen molar-refractivity contribution >= 4 is 17.6 Å². The maximum absolute atomic E-state index is 12.3. The van der Waals surface area contributed by atoms with E-state index in [0.29, 0.717) is 0 Å². The first-order valence-corrected chi connectivity index (χ1v) is 6.55. The molecule has 1 heterocycles. The van der Waals surface area contributed by atoms with Gasteiger partial charge in [-0.1, -0.05) is 0 Å². The molecule has 1 aliphatic rings. The van der Waals surface area contributed by atoms with E-state index in [2.05, 4.69) is 5.32 Å². The molecule has 2 amide bonds. The van der Waals surface area contributed by atoms with Crippen molar-refractivity contribution in [2.45, 2.75) is 32.0 Å². The van der Waals surface area contributed by atoms with Gasteiger partial charge in [-0.15, -0.1) is 0 Å². The van der Waals surface area contributed by atoms with E-state index in [1.54, 1.807) is 0 Å². The third kappa shape index (κ3) is 2.70. The lowest BCUT2D eigenvalue weighted by molar-refractivity contribution is -1.04. The number of carbonyl (C=O) groups is 3. The summed E-state index contributed by atoms with van der Waals surface area (Å²) in [6.45, 7) is 0.538. The van der Waals surface area contributed by atoms with Gasteiger partial charge in [0.25, 0.3) is 5.91 Å². The van der Waals surface area contributed by atoms with Crippen LogP contribution in [0.25, 0.3) is 0 Å². The van der Waals surface area contributed by atoms with Gasteiger partial charge in [-0.2, -0.15) is 9.60 Å². The highest BCUT2D eigenvalue weighted by Crippen LogP contribution is 2.30. The smallest absolute Gasteiger partial charge is 0.362 e. The Kier molecular flexibility index (Phi) is 5.54. The monoisotopic (exact) mass is 303 g/mol. The average Bonchev–Trinajstić information content (AvgIpc) is 2.41. The van der Waals surface area contributed by atoms with Gasteiger partial charge >= 0.3 is 5.91 Å². The topological polar surface area (TPSA) is 130 Å². The molecule has 0 aromatic carbocycles. The molecule has 4 atom stereocenters. The second-order valence-corrected chi connectivity index (χ2v) is 5.07. The van der Waals surface area contributed by atoms with Gasteiger partial charge in [0.15, 0.2) is 12.3 Å². The average molecular weight is 303 g/mol. The molecule has 0 spiro atoms. The van der Waals surface area contributed by atoms with Crippen LogP contribution < -0.4 is 10.4 Å². The lowest BCUT2D eigenvalue weighted by Gasteiger charge is -2.56. The van der Waals surface area contributed by atoms with Crippen LogP contribution in [0.2, 0.25) is 0 Å². The highest BCUT2D eigenvalue weighted by atomic mass is 16.3. The van der Waals surface area contributed by atoms with Crippen molar-refractivity contribution in [3.63, 3.8) is 0 Å². The van der Waals surface area contributed by atoms with Gasteiger partial charge in [0.2, 0.25) is 6.04 Å². The van der Waals surface area contributed by atoms with Crippen molar-refractivity contribution in [3.8, 4) is 0 Å². The fourth-order valence-electron chi connectivity index (χ4n) is 2.68.